The van der Waals surface area contributed by atoms with E-state index in [1.54, 1.807) is 0 Å². The summed E-state index contributed by atoms with van der Waals surface area (Å²) in [6.07, 6.45) is 0. The Balaban J connectivity index is 1.05. The number of rotatable bonds is 6. The number of hydrogen-bond donors (Lipinski definition) is 0. The number of para-hydroxylation sites is 4. The molecule has 81 heavy (non-hydrogen) atoms. The Labute approximate surface area is 473 Å². The van der Waals surface area contributed by atoms with Gasteiger partial charge in [-0.3, -0.25) is 0 Å². The molecule has 0 N–H and O–H groups in total. The van der Waals surface area contributed by atoms with Crippen molar-refractivity contribution < 1.29 is 17.7 Å². The van der Waals surface area contributed by atoms with E-state index in [1.165, 1.54) is 33.1 Å². The smallest absolute Gasteiger partial charge is 0.252 e. The van der Waals surface area contributed by atoms with Gasteiger partial charge >= 0.3 is 0 Å². The maximum Gasteiger partial charge on any atom is 0.252 e. The van der Waals surface area contributed by atoms with Crippen LogP contribution in [0.15, 0.2) is 224 Å². The van der Waals surface area contributed by atoms with E-state index >= 15 is 0 Å². The third kappa shape index (κ3) is 8.15. The van der Waals surface area contributed by atoms with Crippen molar-refractivity contribution in [3.8, 4) is 45.3 Å². The van der Waals surface area contributed by atoms with Gasteiger partial charge in [-0.2, -0.15) is 0 Å². The molecule has 4 aromatic heterocycles. The largest absolute Gasteiger partial charge is 0.456 e. The molecule has 9 aromatic carbocycles. The lowest BCUT2D eigenvalue weighted by Gasteiger charge is -2.46. The summed E-state index contributed by atoms with van der Waals surface area (Å²) < 4.78 is 27.0. The van der Waals surface area contributed by atoms with Gasteiger partial charge in [0.15, 0.2) is 0 Å². The van der Waals surface area contributed by atoms with Crippen molar-refractivity contribution >= 4 is 101 Å². The Kier molecular flexibility index (Phi) is 10.7. The summed E-state index contributed by atoms with van der Waals surface area (Å²) in [5, 5.41) is 4.21. The Morgan fingerprint density at radius 2 is 0.605 bits per heavy atom. The lowest BCUT2D eigenvalue weighted by atomic mass is 9.33. The SMILES string of the molecule is CC(C)(C)c1ccc2c(c1)B1c3cc(C(C)(C)C)ccc3N(c3cc(-c4cc5ccccc5o4)cc(-c4cc5ccccc5o4)c3)c3cc(C(C)(C)C)cc(c31)N2c1cc(-c2cc3ccccc3o2)cc(-c2cc3ccccc3o2)c1. The van der Waals surface area contributed by atoms with Crippen LogP contribution in [0.25, 0.3) is 89.2 Å². The molecule has 2 aliphatic rings. The van der Waals surface area contributed by atoms with E-state index in [2.05, 4.69) is 230 Å². The van der Waals surface area contributed by atoms with E-state index in [0.717, 1.165) is 123 Å². The molecule has 394 valence electrons. The van der Waals surface area contributed by atoms with Gasteiger partial charge in [0.25, 0.3) is 6.71 Å². The molecule has 0 unspecified atom stereocenters. The zero-order chi connectivity index (χ0) is 55.3. The summed E-state index contributed by atoms with van der Waals surface area (Å²) in [5.74, 6) is 3.16. The molecule has 13 aromatic rings. The lowest BCUT2D eigenvalue weighted by Crippen LogP contribution is -2.61. The molecule has 0 spiro atoms. The maximum absolute atomic E-state index is 6.75. The molecule has 0 bridgehead atoms. The van der Waals surface area contributed by atoms with Gasteiger partial charge in [-0.15, -0.1) is 0 Å². The van der Waals surface area contributed by atoms with Crippen LogP contribution in [0.3, 0.4) is 0 Å². The average molecular weight is 1050 g/mol. The van der Waals surface area contributed by atoms with E-state index in [9.17, 15) is 0 Å². The first-order valence-corrected chi connectivity index (χ1v) is 28.3. The molecule has 6 heterocycles. The Morgan fingerprint density at radius 1 is 0.296 bits per heavy atom. The van der Waals surface area contributed by atoms with E-state index < -0.39 is 0 Å². The van der Waals surface area contributed by atoms with Crippen LogP contribution in [0, 0.1) is 0 Å². The second-order valence-corrected chi connectivity index (χ2v) is 25.5. The van der Waals surface area contributed by atoms with Gasteiger partial charge < -0.3 is 27.5 Å². The van der Waals surface area contributed by atoms with Crippen LogP contribution in [0.5, 0.6) is 0 Å². The monoisotopic (exact) mass is 1050 g/mol. The standard InChI is InChI=1S/C74H61BN2O4/c1-72(2,3)52-26-28-59-57(40-52)75-58-41-53(73(4,5)6)27-29-60(58)77(56-34-50(69-38-46-20-12-16-24-65(46)80-69)31-51(35-56)70-39-47-21-13-17-25-66(47)81-70)62-43-54(74(7,8)9)42-61(71(62)75)76(59)55-32-48(67-36-44-18-10-14-22-63(44)78-67)30-49(33-55)68-37-45-19-11-15-23-64(45)79-68/h10-43H,1-9H3. The minimum atomic E-state index is -0.254. The molecule has 0 saturated heterocycles. The molecular formula is C74H61BN2O4. The quantitative estimate of drug-likeness (QED) is 0.155. The van der Waals surface area contributed by atoms with E-state index in [-0.39, 0.29) is 23.0 Å². The van der Waals surface area contributed by atoms with Gasteiger partial charge in [-0.1, -0.05) is 159 Å². The molecule has 2 aliphatic heterocycles. The molecule has 0 aliphatic carbocycles. The van der Waals surface area contributed by atoms with Crippen LogP contribution >= 0.6 is 0 Å². The third-order valence-electron chi connectivity index (χ3n) is 16.9. The predicted molar refractivity (Wildman–Crippen MR) is 337 cm³/mol. The lowest BCUT2D eigenvalue weighted by molar-refractivity contribution is 0.590. The van der Waals surface area contributed by atoms with E-state index in [0.29, 0.717) is 0 Å². The first kappa shape index (κ1) is 48.9. The number of nitrogens with zero attached hydrogens (tertiary/aromatic N) is 2. The summed E-state index contributed by atoms with van der Waals surface area (Å²) in [6.45, 7) is 20.8. The van der Waals surface area contributed by atoms with Crippen molar-refractivity contribution in [1.82, 2.24) is 0 Å². The van der Waals surface area contributed by atoms with Crippen LogP contribution < -0.4 is 26.2 Å². The first-order chi connectivity index (χ1) is 39.0. The summed E-state index contributed by atoms with van der Waals surface area (Å²) in [6, 6.07) is 74.8. The molecular weight excluding hydrogens is 992 g/mol. The van der Waals surface area contributed by atoms with Gasteiger partial charge in [0.05, 0.1) is 0 Å². The first-order valence-electron chi connectivity index (χ1n) is 28.3. The fourth-order valence-corrected chi connectivity index (χ4v) is 12.5. The van der Waals surface area contributed by atoms with Gasteiger partial charge in [-0.25, -0.2) is 0 Å². The molecule has 0 atom stereocenters. The summed E-state index contributed by atoms with van der Waals surface area (Å²) >= 11 is 0. The highest BCUT2D eigenvalue weighted by atomic mass is 16.3. The molecule has 0 amide bonds. The molecule has 7 heteroatoms. The fourth-order valence-electron chi connectivity index (χ4n) is 12.5. The molecule has 15 rings (SSSR count). The predicted octanol–water partition coefficient (Wildman–Crippen LogP) is 19.3. The second-order valence-electron chi connectivity index (χ2n) is 25.5. The number of hydrogen-bond acceptors (Lipinski definition) is 6. The van der Waals surface area contributed by atoms with Gasteiger partial charge in [-0.05, 0) is 159 Å². The van der Waals surface area contributed by atoms with Crippen LogP contribution in [0.2, 0.25) is 0 Å². The van der Waals surface area contributed by atoms with Crippen LogP contribution in [0.1, 0.15) is 79.0 Å². The fraction of sp³-hybridized carbons (Fsp3) is 0.162. The highest BCUT2D eigenvalue weighted by Gasteiger charge is 2.45. The minimum absolute atomic E-state index is 0.129. The van der Waals surface area contributed by atoms with Crippen LogP contribution in [0.4, 0.5) is 34.1 Å². The van der Waals surface area contributed by atoms with E-state index in [4.69, 9.17) is 17.7 Å². The Hall–Kier alpha value is -9.20. The number of benzene rings is 9. The average Bonchev–Trinajstić information content (AvgIpc) is 4.48. The summed E-state index contributed by atoms with van der Waals surface area (Å²) in [5.41, 5.74) is 20.7. The zero-order valence-corrected chi connectivity index (χ0v) is 47.2. The van der Waals surface area contributed by atoms with Crippen molar-refractivity contribution in [1.29, 1.82) is 0 Å². The van der Waals surface area contributed by atoms with Gasteiger partial charge in [0, 0.05) is 77.9 Å². The number of fused-ring (bicyclic) bond motifs is 8. The van der Waals surface area contributed by atoms with Gasteiger partial charge in [0.2, 0.25) is 0 Å². The summed E-state index contributed by atoms with van der Waals surface area (Å²) in [4.78, 5) is 5.07. The Bertz CT molecular complexity index is 4090. The maximum atomic E-state index is 6.75. The highest BCUT2D eigenvalue weighted by Crippen LogP contribution is 2.50. The number of furan rings is 4. The van der Waals surface area contributed by atoms with Crippen molar-refractivity contribution in [3.63, 3.8) is 0 Å². The minimum Gasteiger partial charge on any atom is -0.456 e. The third-order valence-corrected chi connectivity index (χ3v) is 16.9. The summed E-state index contributed by atoms with van der Waals surface area (Å²) in [7, 11) is 0. The number of anilines is 6. The van der Waals surface area contributed by atoms with Crippen molar-refractivity contribution in [2.24, 2.45) is 0 Å². The van der Waals surface area contributed by atoms with Gasteiger partial charge in [0.1, 0.15) is 45.4 Å². The molecule has 0 fully saturated rings. The van der Waals surface area contributed by atoms with Crippen molar-refractivity contribution in [2.75, 3.05) is 9.80 Å². The normalized spacial score (nSPS) is 13.4. The topological polar surface area (TPSA) is 59.0 Å². The molecule has 0 radical (unpaired) electrons. The van der Waals surface area contributed by atoms with Crippen LogP contribution in [-0.4, -0.2) is 6.71 Å². The van der Waals surface area contributed by atoms with Crippen molar-refractivity contribution in [3.05, 3.63) is 223 Å². The van der Waals surface area contributed by atoms with E-state index in [1.807, 2.05) is 48.5 Å². The zero-order valence-electron chi connectivity index (χ0n) is 47.2. The molecule has 6 nitrogen and oxygen atoms in total. The highest BCUT2D eigenvalue weighted by molar-refractivity contribution is 7.00. The Morgan fingerprint density at radius 3 is 0.901 bits per heavy atom. The second kappa shape index (κ2) is 17.7. The molecule has 0 saturated carbocycles. The van der Waals surface area contributed by atoms with Crippen LogP contribution in [-0.2, 0) is 16.2 Å². The van der Waals surface area contributed by atoms with Crippen molar-refractivity contribution in [2.45, 2.75) is 78.6 Å².